The molecular weight excluding hydrogens is 226 g/mol. The first-order valence-corrected chi connectivity index (χ1v) is 6.68. The molecule has 3 rings (SSSR count). The van der Waals surface area contributed by atoms with Gasteiger partial charge in [0.2, 0.25) is 0 Å². The number of carbonyl (C=O) groups is 1. The summed E-state index contributed by atoms with van der Waals surface area (Å²) in [7, 11) is 0. The van der Waals surface area contributed by atoms with E-state index >= 15 is 0 Å². The molecule has 1 heterocycles. The Bertz CT molecular complexity index is 466. The summed E-state index contributed by atoms with van der Waals surface area (Å²) < 4.78 is 0. The van der Waals surface area contributed by atoms with E-state index in [1.807, 2.05) is 23.1 Å². The highest BCUT2D eigenvalue weighted by molar-refractivity contribution is 5.75. The first kappa shape index (κ1) is 11.4. The van der Waals surface area contributed by atoms with Crippen molar-refractivity contribution in [2.75, 3.05) is 18.8 Å². The van der Waals surface area contributed by atoms with Gasteiger partial charge in [-0.3, -0.25) is 0 Å². The van der Waals surface area contributed by atoms with E-state index in [1.54, 1.807) is 0 Å². The minimum absolute atomic E-state index is 0.0853. The summed E-state index contributed by atoms with van der Waals surface area (Å²) in [6, 6.07) is 6.24. The van der Waals surface area contributed by atoms with E-state index in [1.165, 1.54) is 11.1 Å². The van der Waals surface area contributed by atoms with Gasteiger partial charge >= 0.3 is 6.03 Å². The third-order valence-electron chi connectivity index (χ3n) is 3.94. The fourth-order valence-corrected chi connectivity index (χ4v) is 2.95. The predicted molar refractivity (Wildman–Crippen MR) is 71.3 cm³/mol. The highest BCUT2D eigenvalue weighted by Gasteiger charge is 2.26. The molecular formula is C14H19N3O. The zero-order valence-corrected chi connectivity index (χ0v) is 10.5. The van der Waals surface area contributed by atoms with Crippen LogP contribution in [0, 0.1) is 0 Å². The van der Waals surface area contributed by atoms with Crippen LogP contribution in [0.4, 0.5) is 10.5 Å². The molecule has 1 aromatic carbocycles. The number of amides is 2. The Kier molecular flexibility index (Phi) is 2.86. The molecule has 1 aliphatic heterocycles. The molecule has 0 saturated carbocycles. The molecule has 2 amide bonds. The SMILES string of the molecule is Nc1ccc2c(c1)CCC2NC(=O)N1CCCC1. The van der Waals surface area contributed by atoms with Crippen LogP contribution in [0.5, 0.6) is 0 Å². The number of aryl methyl sites for hydroxylation is 1. The number of carbonyl (C=O) groups excluding carboxylic acids is 1. The molecule has 1 aromatic rings. The van der Waals surface area contributed by atoms with Crippen molar-refractivity contribution >= 4 is 11.7 Å². The zero-order valence-electron chi connectivity index (χ0n) is 10.5. The number of hydrogen-bond donors (Lipinski definition) is 2. The lowest BCUT2D eigenvalue weighted by Crippen LogP contribution is -2.39. The number of anilines is 1. The number of benzene rings is 1. The summed E-state index contributed by atoms with van der Waals surface area (Å²) in [6.45, 7) is 1.79. The number of rotatable bonds is 1. The molecule has 1 saturated heterocycles. The second kappa shape index (κ2) is 4.52. The fourth-order valence-electron chi connectivity index (χ4n) is 2.95. The Labute approximate surface area is 107 Å². The van der Waals surface area contributed by atoms with Crippen LogP contribution in [0.15, 0.2) is 18.2 Å². The van der Waals surface area contributed by atoms with Crippen LogP contribution in [-0.4, -0.2) is 24.0 Å². The van der Waals surface area contributed by atoms with E-state index in [9.17, 15) is 4.79 Å². The Balaban J connectivity index is 1.70. The van der Waals surface area contributed by atoms with Crippen molar-refractivity contribution in [2.24, 2.45) is 0 Å². The van der Waals surface area contributed by atoms with Gasteiger partial charge in [-0.05, 0) is 48.9 Å². The summed E-state index contributed by atoms with van der Waals surface area (Å²) in [5, 5.41) is 3.14. The molecule has 18 heavy (non-hydrogen) atoms. The van der Waals surface area contributed by atoms with Gasteiger partial charge in [-0.25, -0.2) is 4.79 Å². The molecule has 1 aliphatic carbocycles. The normalized spacial score (nSPS) is 22.0. The van der Waals surface area contributed by atoms with Gasteiger partial charge in [-0.2, -0.15) is 0 Å². The minimum atomic E-state index is 0.0853. The number of hydrogen-bond acceptors (Lipinski definition) is 2. The number of nitrogen functional groups attached to an aromatic ring is 1. The second-order valence-corrected chi connectivity index (χ2v) is 5.19. The van der Waals surface area contributed by atoms with Crippen molar-refractivity contribution in [1.82, 2.24) is 10.2 Å². The van der Waals surface area contributed by atoms with Gasteiger partial charge in [0.1, 0.15) is 0 Å². The minimum Gasteiger partial charge on any atom is -0.399 e. The molecule has 0 spiro atoms. The largest absolute Gasteiger partial charge is 0.399 e. The van der Waals surface area contributed by atoms with Gasteiger partial charge in [-0.1, -0.05) is 6.07 Å². The molecule has 1 fully saturated rings. The van der Waals surface area contributed by atoms with Gasteiger partial charge in [0, 0.05) is 18.8 Å². The van der Waals surface area contributed by atoms with Crippen molar-refractivity contribution in [3.05, 3.63) is 29.3 Å². The van der Waals surface area contributed by atoms with E-state index in [2.05, 4.69) is 5.32 Å². The van der Waals surface area contributed by atoms with Crippen molar-refractivity contribution in [3.8, 4) is 0 Å². The topological polar surface area (TPSA) is 58.4 Å². The lowest BCUT2D eigenvalue weighted by atomic mass is 10.1. The summed E-state index contributed by atoms with van der Waals surface area (Å²) in [6.07, 6.45) is 4.25. The molecule has 96 valence electrons. The average molecular weight is 245 g/mol. The maximum absolute atomic E-state index is 12.1. The molecule has 4 heteroatoms. The van der Waals surface area contributed by atoms with Crippen molar-refractivity contribution < 1.29 is 4.79 Å². The lowest BCUT2D eigenvalue weighted by Gasteiger charge is -2.20. The number of likely N-dealkylation sites (tertiary alicyclic amines) is 1. The quantitative estimate of drug-likeness (QED) is 0.744. The van der Waals surface area contributed by atoms with Crippen LogP contribution in [0.1, 0.15) is 36.4 Å². The van der Waals surface area contributed by atoms with Gasteiger partial charge < -0.3 is 16.0 Å². The summed E-state index contributed by atoms with van der Waals surface area (Å²) in [5.74, 6) is 0. The van der Waals surface area contributed by atoms with Crippen LogP contribution >= 0.6 is 0 Å². The number of fused-ring (bicyclic) bond motifs is 1. The maximum Gasteiger partial charge on any atom is 0.317 e. The predicted octanol–water partition coefficient (Wildman–Crippen LogP) is 2.06. The standard InChI is InChI=1S/C14H19N3O/c15-11-4-5-12-10(9-11)3-6-13(12)16-14(18)17-7-1-2-8-17/h4-5,9,13H,1-3,6-8,15H2,(H,16,18). The lowest BCUT2D eigenvalue weighted by molar-refractivity contribution is 0.204. The molecule has 2 aliphatic rings. The molecule has 0 radical (unpaired) electrons. The molecule has 1 atom stereocenters. The third kappa shape index (κ3) is 2.03. The molecule has 1 unspecified atom stereocenters. The van der Waals surface area contributed by atoms with Crippen LogP contribution < -0.4 is 11.1 Å². The fraction of sp³-hybridized carbons (Fsp3) is 0.500. The maximum atomic E-state index is 12.1. The van der Waals surface area contributed by atoms with E-state index in [-0.39, 0.29) is 12.1 Å². The first-order chi connectivity index (χ1) is 8.74. The monoisotopic (exact) mass is 245 g/mol. The summed E-state index contributed by atoms with van der Waals surface area (Å²) in [5.41, 5.74) is 9.10. The third-order valence-corrected chi connectivity index (χ3v) is 3.94. The smallest absolute Gasteiger partial charge is 0.317 e. The zero-order chi connectivity index (χ0) is 12.5. The van der Waals surface area contributed by atoms with Gasteiger partial charge in [0.05, 0.1) is 6.04 Å². The first-order valence-electron chi connectivity index (χ1n) is 6.68. The van der Waals surface area contributed by atoms with Gasteiger partial charge in [-0.15, -0.1) is 0 Å². The van der Waals surface area contributed by atoms with E-state index < -0.39 is 0 Å². The van der Waals surface area contributed by atoms with Crippen molar-refractivity contribution in [3.63, 3.8) is 0 Å². The van der Waals surface area contributed by atoms with Crippen LogP contribution in [0.2, 0.25) is 0 Å². The van der Waals surface area contributed by atoms with Crippen molar-refractivity contribution in [1.29, 1.82) is 0 Å². The van der Waals surface area contributed by atoms with Crippen LogP contribution in [0.25, 0.3) is 0 Å². The highest BCUT2D eigenvalue weighted by Crippen LogP contribution is 2.32. The van der Waals surface area contributed by atoms with Crippen molar-refractivity contribution in [2.45, 2.75) is 31.7 Å². The number of nitrogens with zero attached hydrogens (tertiary/aromatic N) is 1. The second-order valence-electron chi connectivity index (χ2n) is 5.19. The summed E-state index contributed by atoms with van der Waals surface area (Å²) in [4.78, 5) is 14.0. The Morgan fingerprint density at radius 2 is 2.11 bits per heavy atom. The van der Waals surface area contributed by atoms with Crippen LogP contribution in [-0.2, 0) is 6.42 Å². The highest BCUT2D eigenvalue weighted by atomic mass is 16.2. The van der Waals surface area contributed by atoms with Crippen LogP contribution in [0.3, 0.4) is 0 Å². The molecule has 3 N–H and O–H groups in total. The van der Waals surface area contributed by atoms with E-state index in [4.69, 9.17) is 5.73 Å². The number of nitrogens with two attached hydrogens (primary N) is 1. The van der Waals surface area contributed by atoms with E-state index in [0.717, 1.165) is 44.5 Å². The van der Waals surface area contributed by atoms with Gasteiger partial charge in [0.25, 0.3) is 0 Å². The number of urea groups is 1. The average Bonchev–Trinajstić information content (AvgIpc) is 2.98. The van der Waals surface area contributed by atoms with E-state index in [0.29, 0.717) is 0 Å². The Hall–Kier alpha value is -1.71. The Morgan fingerprint density at radius 3 is 2.89 bits per heavy atom. The Morgan fingerprint density at radius 1 is 1.33 bits per heavy atom. The molecule has 0 bridgehead atoms. The molecule has 0 aromatic heterocycles. The molecule has 4 nitrogen and oxygen atoms in total. The number of nitrogens with one attached hydrogen (secondary N) is 1. The summed E-state index contributed by atoms with van der Waals surface area (Å²) >= 11 is 0. The van der Waals surface area contributed by atoms with Gasteiger partial charge in [0.15, 0.2) is 0 Å².